The van der Waals surface area contributed by atoms with Crippen molar-refractivity contribution in [2.45, 2.75) is 6.61 Å². The van der Waals surface area contributed by atoms with Gasteiger partial charge in [0.25, 0.3) is 0 Å². The van der Waals surface area contributed by atoms with E-state index in [4.69, 9.17) is 10.5 Å². The summed E-state index contributed by atoms with van der Waals surface area (Å²) < 4.78 is 5.57. The molecule has 2 aromatic rings. The van der Waals surface area contributed by atoms with Crippen LogP contribution in [0, 0.1) is 0 Å². The van der Waals surface area contributed by atoms with Crippen LogP contribution in [0.15, 0.2) is 48.8 Å². The fourth-order valence-electron chi connectivity index (χ4n) is 1.24. The number of para-hydroxylation sites is 1. The third kappa shape index (κ3) is 2.47. The summed E-state index contributed by atoms with van der Waals surface area (Å²) in [5.74, 6) is 0.841. The summed E-state index contributed by atoms with van der Waals surface area (Å²) in [5, 5.41) is 0. The number of anilines is 1. The highest BCUT2D eigenvalue weighted by molar-refractivity contribution is 5.43. The molecule has 0 saturated carbocycles. The fraction of sp³-hybridized carbons (Fsp3) is 0.0833. The Morgan fingerprint density at radius 2 is 1.93 bits per heavy atom. The Morgan fingerprint density at radius 1 is 1.13 bits per heavy atom. The number of benzene rings is 1. The molecule has 0 spiro atoms. The van der Waals surface area contributed by atoms with E-state index in [-0.39, 0.29) is 0 Å². The van der Waals surface area contributed by atoms with E-state index in [0.29, 0.717) is 12.3 Å². The second-order valence-corrected chi connectivity index (χ2v) is 3.18. The quantitative estimate of drug-likeness (QED) is 0.826. The Balaban J connectivity index is 2.03. The van der Waals surface area contributed by atoms with Crippen molar-refractivity contribution in [3.63, 3.8) is 0 Å². The second kappa shape index (κ2) is 4.46. The Kier molecular flexibility index (Phi) is 2.83. The van der Waals surface area contributed by atoms with Gasteiger partial charge in [-0.05, 0) is 18.2 Å². The molecule has 1 aromatic heterocycles. The van der Waals surface area contributed by atoms with Gasteiger partial charge < -0.3 is 10.5 Å². The molecule has 0 saturated heterocycles. The number of aromatic nitrogens is 1. The average Bonchev–Trinajstić information content (AvgIpc) is 2.29. The van der Waals surface area contributed by atoms with Crippen LogP contribution in [0.25, 0.3) is 0 Å². The molecule has 2 N–H and O–H groups in total. The van der Waals surface area contributed by atoms with Crippen molar-refractivity contribution in [3.05, 3.63) is 54.4 Å². The van der Waals surface area contributed by atoms with Gasteiger partial charge in [0.05, 0.1) is 11.9 Å². The SMILES string of the molecule is Nc1cnccc1COc1ccccc1. The van der Waals surface area contributed by atoms with Gasteiger partial charge in [-0.25, -0.2) is 0 Å². The van der Waals surface area contributed by atoms with Gasteiger partial charge in [-0.3, -0.25) is 4.98 Å². The first-order chi connectivity index (χ1) is 7.36. The molecule has 3 heteroatoms. The molecular formula is C12H12N2O. The third-order valence-electron chi connectivity index (χ3n) is 2.08. The van der Waals surface area contributed by atoms with E-state index in [1.807, 2.05) is 36.4 Å². The molecule has 3 nitrogen and oxygen atoms in total. The van der Waals surface area contributed by atoms with E-state index in [9.17, 15) is 0 Å². The van der Waals surface area contributed by atoms with Gasteiger partial charge in [-0.1, -0.05) is 18.2 Å². The maximum absolute atomic E-state index is 5.74. The molecule has 0 aliphatic heterocycles. The van der Waals surface area contributed by atoms with Crippen LogP contribution in [0.2, 0.25) is 0 Å². The molecule has 0 radical (unpaired) electrons. The lowest BCUT2D eigenvalue weighted by molar-refractivity contribution is 0.307. The number of hydrogen-bond acceptors (Lipinski definition) is 3. The Morgan fingerprint density at radius 3 is 2.67 bits per heavy atom. The molecule has 1 heterocycles. The van der Waals surface area contributed by atoms with Crippen molar-refractivity contribution in [1.82, 2.24) is 4.98 Å². The monoisotopic (exact) mass is 200 g/mol. The van der Waals surface area contributed by atoms with Gasteiger partial charge in [0.2, 0.25) is 0 Å². The molecule has 1 aromatic carbocycles. The van der Waals surface area contributed by atoms with Crippen LogP contribution in [0.5, 0.6) is 5.75 Å². The van der Waals surface area contributed by atoms with Crippen molar-refractivity contribution in [2.24, 2.45) is 0 Å². The van der Waals surface area contributed by atoms with Crippen LogP contribution >= 0.6 is 0 Å². The molecule has 0 bridgehead atoms. The number of ether oxygens (including phenoxy) is 1. The Labute approximate surface area is 88.5 Å². The van der Waals surface area contributed by atoms with Crippen LogP contribution < -0.4 is 10.5 Å². The summed E-state index contributed by atoms with van der Waals surface area (Å²) in [4.78, 5) is 3.92. The summed E-state index contributed by atoms with van der Waals surface area (Å²) in [5.41, 5.74) is 7.36. The lowest BCUT2D eigenvalue weighted by atomic mass is 10.2. The summed E-state index contributed by atoms with van der Waals surface area (Å²) in [6.45, 7) is 0.471. The average molecular weight is 200 g/mol. The maximum Gasteiger partial charge on any atom is 0.119 e. The number of rotatable bonds is 3. The van der Waals surface area contributed by atoms with E-state index in [1.54, 1.807) is 12.4 Å². The van der Waals surface area contributed by atoms with Crippen LogP contribution in [-0.4, -0.2) is 4.98 Å². The minimum Gasteiger partial charge on any atom is -0.489 e. The lowest BCUT2D eigenvalue weighted by Crippen LogP contribution is -2.00. The fourth-order valence-corrected chi connectivity index (χ4v) is 1.24. The maximum atomic E-state index is 5.74. The summed E-state index contributed by atoms with van der Waals surface area (Å²) in [6, 6.07) is 11.5. The zero-order chi connectivity index (χ0) is 10.5. The highest BCUT2D eigenvalue weighted by Gasteiger charge is 1.98. The number of nitrogens with two attached hydrogens (primary N) is 1. The smallest absolute Gasteiger partial charge is 0.119 e. The van der Waals surface area contributed by atoms with Gasteiger partial charge in [-0.15, -0.1) is 0 Å². The minimum atomic E-state index is 0.471. The van der Waals surface area contributed by atoms with Gasteiger partial charge in [0.1, 0.15) is 12.4 Å². The van der Waals surface area contributed by atoms with E-state index < -0.39 is 0 Å². The third-order valence-corrected chi connectivity index (χ3v) is 2.08. The molecular weight excluding hydrogens is 188 g/mol. The van der Waals surface area contributed by atoms with Gasteiger partial charge in [0.15, 0.2) is 0 Å². The summed E-state index contributed by atoms with van der Waals surface area (Å²) in [7, 11) is 0. The summed E-state index contributed by atoms with van der Waals surface area (Å²) >= 11 is 0. The largest absolute Gasteiger partial charge is 0.489 e. The zero-order valence-electron chi connectivity index (χ0n) is 8.26. The standard InChI is InChI=1S/C12H12N2O/c13-12-8-14-7-6-10(12)9-15-11-4-2-1-3-5-11/h1-8H,9,13H2. The van der Waals surface area contributed by atoms with E-state index in [0.717, 1.165) is 11.3 Å². The van der Waals surface area contributed by atoms with Gasteiger partial charge in [0, 0.05) is 11.8 Å². The first kappa shape index (κ1) is 9.52. The second-order valence-electron chi connectivity index (χ2n) is 3.18. The van der Waals surface area contributed by atoms with E-state index >= 15 is 0 Å². The van der Waals surface area contributed by atoms with E-state index in [1.165, 1.54) is 0 Å². The van der Waals surface area contributed by atoms with Crippen LogP contribution in [0.1, 0.15) is 5.56 Å². The highest BCUT2D eigenvalue weighted by atomic mass is 16.5. The van der Waals surface area contributed by atoms with Crippen molar-refractivity contribution in [3.8, 4) is 5.75 Å². The number of pyridine rings is 1. The van der Waals surface area contributed by atoms with Crippen LogP contribution in [-0.2, 0) is 6.61 Å². The Hall–Kier alpha value is -2.03. The van der Waals surface area contributed by atoms with Gasteiger partial charge >= 0.3 is 0 Å². The predicted octanol–water partition coefficient (Wildman–Crippen LogP) is 2.24. The van der Waals surface area contributed by atoms with E-state index in [2.05, 4.69) is 4.98 Å². The minimum absolute atomic E-state index is 0.471. The van der Waals surface area contributed by atoms with Crippen molar-refractivity contribution >= 4 is 5.69 Å². The Bertz CT molecular complexity index is 429. The molecule has 0 unspecified atom stereocenters. The van der Waals surface area contributed by atoms with Gasteiger partial charge in [-0.2, -0.15) is 0 Å². The van der Waals surface area contributed by atoms with Crippen molar-refractivity contribution in [2.75, 3.05) is 5.73 Å². The topological polar surface area (TPSA) is 48.1 Å². The molecule has 76 valence electrons. The molecule has 0 aliphatic carbocycles. The van der Waals surface area contributed by atoms with Crippen molar-refractivity contribution < 1.29 is 4.74 Å². The number of hydrogen-bond donors (Lipinski definition) is 1. The normalized spacial score (nSPS) is 9.87. The molecule has 0 atom stereocenters. The lowest BCUT2D eigenvalue weighted by Gasteiger charge is -2.07. The van der Waals surface area contributed by atoms with Crippen LogP contribution in [0.4, 0.5) is 5.69 Å². The number of nitrogen functional groups attached to an aromatic ring is 1. The summed E-state index contributed by atoms with van der Waals surface area (Å²) in [6.07, 6.45) is 3.34. The highest BCUT2D eigenvalue weighted by Crippen LogP contribution is 2.14. The molecule has 0 aliphatic rings. The zero-order valence-corrected chi connectivity index (χ0v) is 8.26. The molecule has 15 heavy (non-hydrogen) atoms. The van der Waals surface area contributed by atoms with Crippen LogP contribution in [0.3, 0.4) is 0 Å². The molecule has 0 amide bonds. The number of nitrogens with zero attached hydrogens (tertiary/aromatic N) is 1. The first-order valence-corrected chi connectivity index (χ1v) is 4.72. The van der Waals surface area contributed by atoms with Crippen molar-refractivity contribution in [1.29, 1.82) is 0 Å². The molecule has 2 rings (SSSR count). The first-order valence-electron chi connectivity index (χ1n) is 4.72. The molecule has 0 fully saturated rings. The predicted molar refractivity (Wildman–Crippen MR) is 59.4 cm³/mol.